The van der Waals surface area contributed by atoms with Gasteiger partial charge in [0.05, 0.1) is 27.8 Å². The third kappa shape index (κ3) is 5.52. The Morgan fingerprint density at radius 2 is 0.750 bits per heavy atom. The molecule has 3 aromatic heterocycles. The van der Waals surface area contributed by atoms with E-state index in [-0.39, 0.29) is 0 Å². The molecule has 0 bridgehead atoms. The average Bonchev–Trinajstić information content (AvgIpc) is 3.83. The monoisotopic (exact) mass is 765 g/mol. The van der Waals surface area contributed by atoms with Crippen LogP contribution in [-0.4, -0.2) is 24.1 Å². The second-order valence-corrected chi connectivity index (χ2v) is 15.3. The van der Waals surface area contributed by atoms with Gasteiger partial charge in [-0.05, 0) is 65.0 Å². The van der Waals surface area contributed by atoms with Crippen LogP contribution in [0.1, 0.15) is 0 Å². The number of aromatic nitrogens is 5. The Balaban J connectivity index is 1.14. The summed E-state index contributed by atoms with van der Waals surface area (Å²) in [6.07, 6.45) is 0. The van der Waals surface area contributed by atoms with E-state index in [1.54, 1.807) is 0 Å². The SMILES string of the molecule is c1ccc(-c2cccc(-n3c4ccccc4c4cc5c6ccccc6n(-c6cc(-c7nc(-c8ccccc8)nc(-c8ccccc8)n7)cc7ccccc67)c5cc43)c2)cc1. The van der Waals surface area contributed by atoms with Crippen molar-refractivity contribution in [3.63, 3.8) is 0 Å². The first-order valence-corrected chi connectivity index (χ1v) is 20.3. The minimum atomic E-state index is 0.622. The molecule has 5 heteroatoms. The van der Waals surface area contributed by atoms with Crippen molar-refractivity contribution in [2.24, 2.45) is 0 Å². The first-order chi connectivity index (χ1) is 29.7. The van der Waals surface area contributed by atoms with Gasteiger partial charge in [-0.1, -0.05) is 164 Å². The Hall–Kier alpha value is -8.15. The van der Waals surface area contributed by atoms with Crippen molar-refractivity contribution in [2.45, 2.75) is 0 Å². The van der Waals surface area contributed by atoms with Crippen LogP contribution in [-0.2, 0) is 0 Å². The Kier molecular flexibility index (Phi) is 7.78. The fourth-order valence-corrected chi connectivity index (χ4v) is 8.97. The normalized spacial score (nSPS) is 11.7. The quantitative estimate of drug-likeness (QED) is 0.169. The van der Waals surface area contributed by atoms with Gasteiger partial charge in [0.2, 0.25) is 0 Å². The van der Waals surface area contributed by atoms with Gasteiger partial charge in [-0.2, -0.15) is 0 Å². The Labute approximate surface area is 346 Å². The molecule has 0 saturated carbocycles. The van der Waals surface area contributed by atoms with Crippen molar-refractivity contribution >= 4 is 54.4 Å². The van der Waals surface area contributed by atoms with Gasteiger partial charge in [0.15, 0.2) is 17.5 Å². The highest BCUT2D eigenvalue weighted by molar-refractivity contribution is 6.19. The van der Waals surface area contributed by atoms with Crippen LogP contribution in [0.25, 0.3) is 111 Å². The molecule has 12 aromatic rings. The van der Waals surface area contributed by atoms with E-state index in [0.29, 0.717) is 17.5 Å². The lowest BCUT2D eigenvalue weighted by Gasteiger charge is -2.15. The molecule has 0 saturated heterocycles. The maximum Gasteiger partial charge on any atom is 0.164 e. The van der Waals surface area contributed by atoms with E-state index in [9.17, 15) is 0 Å². The molecule has 280 valence electrons. The lowest BCUT2D eigenvalue weighted by molar-refractivity contribution is 1.07. The zero-order valence-electron chi connectivity index (χ0n) is 32.4. The fourth-order valence-electron chi connectivity index (χ4n) is 8.97. The standard InChI is InChI=1S/C55H35N5/c1-4-17-36(18-5-1)39-24-16-25-42(32-39)59-48-29-14-12-27-44(48)46-34-47-45-28-13-15-30-49(45)60(52(47)35-51(46)59)50-33-41(31-40-23-10-11-26-43(40)50)55-57-53(37-19-6-2-7-20-37)56-54(58-55)38-21-8-3-9-22-38/h1-35H. The van der Waals surface area contributed by atoms with Crippen LogP contribution < -0.4 is 0 Å². The summed E-state index contributed by atoms with van der Waals surface area (Å²) in [6.45, 7) is 0. The molecule has 0 unspecified atom stereocenters. The summed E-state index contributed by atoms with van der Waals surface area (Å²) >= 11 is 0. The van der Waals surface area contributed by atoms with Gasteiger partial charge in [0.1, 0.15) is 0 Å². The van der Waals surface area contributed by atoms with Crippen molar-refractivity contribution in [3.8, 4) is 56.7 Å². The molecule has 5 nitrogen and oxygen atoms in total. The summed E-state index contributed by atoms with van der Waals surface area (Å²) in [5.41, 5.74) is 11.9. The molecule has 60 heavy (non-hydrogen) atoms. The number of benzene rings is 9. The number of rotatable bonds is 6. The zero-order valence-corrected chi connectivity index (χ0v) is 32.4. The number of hydrogen-bond donors (Lipinski definition) is 0. The van der Waals surface area contributed by atoms with E-state index in [1.165, 1.54) is 38.2 Å². The molecule has 0 aliphatic heterocycles. The molecular formula is C55H35N5. The van der Waals surface area contributed by atoms with Crippen LogP contribution in [0.4, 0.5) is 0 Å². The van der Waals surface area contributed by atoms with E-state index in [0.717, 1.165) is 55.4 Å². The zero-order chi connectivity index (χ0) is 39.6. The Bertz CT molecular complexity index is 3530. The van der Waals surface area contributed by atoms with Gasteiger partial charge in [0, 0.05) is 49.3 Å². The average molecular weight is 766 g/mol. The minimum Gasteiger partial charge on any atom is -0.309 e. The molecule has 12 rings (SSSR count). The predicted octanol–water partition coefficient (Wildman–Crippen LogP) is 13.9. The topological polar surface area (TPSA) is 48.5 Å². The minimum absolute atomic E-state index is 0.622. The molecular weight excluding hydrogens is 731 g/mol. The summed E-state index contributed by atoms with van der Waals surface area (Å²) in [5.74, 6) is 1.89. The van der Waals surface area contributed by atoms with Crippen LogP contribution in [0.15, 0.2) is 212 Å². The van der Waals surface area contributed by atoms with Gasteiger partial charge in [0.25, 0.3) is 0 Å². The van der Waals surface area contributed by atoms with Crippen LogP contribution in [0.3, 0.4) is 0 Å². The fraction of sp³-hybridized carbons (Fsp3) is 0. The molecule has 0 radical (unpaired) electrons. The number of fused-ring (bicyclic) bond motifs is 7. The number of para-hydroxylation sites is 2. The molecule has 0 aliphatic carbocycles. The van der Waals surface area contributed by atoms with Crippen LogP contribution in [0, 0.1) is 0 Å². The van der Waals surface area contributed by atoms with Gasteiger partial charge in [-0.25, -0.2) is 15.0 Å². The lowest BCUT2D eigenvalue weighted by Crippen LogP contribution is -2.02. The van der Waals surface area contributed by atoms with E-state index in [2.05, 4.69) is 185 Å². The second kappa shape index (κ2) is 13.8. The van der Waals surface area contributed by atoms with Crippen molar-refractivity contribution < 1.29 is 0 Å². The summed E-state index contributed by atoms with van der Waals surface area (Å²) in [5, 5.41) is 7.09. The molecule has 0 amide bonds. The molecule has 0 fully saturated rings. The molecule has 3 heterocycles. The number of nitrogens with zero attached hydrogens (tertiary/aromatic N) is 5. The Morgan fingerprint density at radius 3 is 1.38 bits per heavy atom. The van der Waals surface area contributed by atoms with Crippen molar-refractivity contribution in [3.05, 3.63) is 212 Å². The molecule has 9 aromatic carbocycles. The molecule has 0 spiro atoms. The first kappa shape index (κ1) is 33.9. The van der Waals surface area contributed by atoms with E-state index in [4.69, 9.17) is 15.0 Å². The molecule has 0 N–H and O–H groups in total. The third-order valence-corrected chi connectivity index (χ3v) is 11.7. The number of hydrogen-bond acceptors (Lipinski definition) is 3. The van der Waals surface area contributed by atoms with E-state index >= 15 is 0 Å². The van der Waals surface area contributed by atoms with Gasteiger partial charge < -0.3 is 9.13 Å². The largest absolute Gasteiger partial charge is 0.309 e. The van der Waals surface area contributed by atoms with Crippen LogP contribution in [0.5, 0.6) is 0 Å². The van der Waals surface area contributed by atoms with Crippen LogP contribution in [0.2, 0.25) is 0 Å². The predicted molar refractivity (Wildman–Crippen MR) is 248 cm³/mol. The summed E-state index contributed by atoms with van der Waals surface area (Å²) < 4.78 is 4.86. The third-order valence-electron chi connectivity index (χ3n) is 11.7. The van der Waals surface area contributed by atoms with Gasteiger partial charge >= 0.3 is 0 Å². The summed E-state index contributed by atoms with van der Waals surface area (Å²) in [7, 11) is 0. The lowest BCUT2D eigenvalue weighted by atomic mass is 10.0. The van der Waals surface area contributed by atoms with Gasteiger partial charge in [-0.3, -0.25) is 0 Å². The van der Waals surface area contributed by atoms with E-state index < -0.39 is 0 Å². The highest BCUT2D eigenvalue weighted by Gasteiger charge is 2.21. The maximum atomic E-state index is 5.16. The van der Waals surface area contributed by atoms with Crippen LogP contribution >= 0.6 is 0 Å². The maximum absolute atomic E-state index is 5.16. The second-order valence-electron chi connectivity index (χ2n) is 15.3. The Morgan fingerprint density at radius 1 is 0.267 bits per heavy atom. The molecule has 0 aliphatic rings. The van der Waals surface area contributed by atoms with Crippen molar-refractivity contribution in [2.75, 3.05) is 0 Å². The molecule has 0 atom stereocenters. The summed E-state index contributed by atoms with van der Waals surface area (Å²) in [4.78, 5) is 15.3. The van der Waals surface area contributed by atoms with Crippen molar-refractivity contribution in [1.29, 1.82) is 0 Å². The van der Waals surface area contributed by atoms with E-state index in [1.807, 2.05) is 36.4 Å². The smallest absolute Gasteiger partial charge is 0.164 e. The summed E-state index contributed by atoms with van der Waals surface area (Å²) in [6, 6.07) is 75.2. The first-order valence-electron chi connectivity index (χ1n) is 20.3. The van der Waals surface area contributed by atoms with Gasteiger partial charge in [-0.15, -0.1) is 0 Å². The van der Waals surface area contributed by atoms with Crippen molar-refractivity contribution in [1.82, 2.24) is 24.1 Å². The highest BCUT2D eigenvalue weighted by Crippen LogP contribution is 2.42. The highest BCUT2D eigenvalue weighted by atomic mass is 15.0.